The summed E-state index contributed by atoms with van der Waals surface area (Å²) >= 11 is 0. The molecule has 210 valence electrons. The predicted octanol–water partition coefficient (Wildman–Crippen LogP) is 3.11. The minimum absolute atomic E-state index is 0.00216. The summed E-state index contributed by atoms with van der Waals surface area (Å²) in [6.07, 6.45) is 1.78. The molecule has 3 aliphatic rings. The molecule has 2 bridgehead atoms. The minimum Gasteiger partial charge on any atom is -0.494 e. The highest BCUT2D eigenvalue weighted by Crippen LogP contribution is 2.63. The van der Waals surface area contributed by atoms with Crippen LogP contribution in [0.2, 0.25) is 0 Å². The fraction of sp³-hybridized carbons (Fsp3) is 0.690. The van der Waals surface area contributed by atoms with Crippen LogP contribution >= 0.6 is 0 Å². The Labute approximate surface area is 225 Å². The second-order valence-electron chi connectivity index (χ2n) is 13.0. The monoisotopic (exact) mass is 529 g/mol. The van der Waals surface area contributed by atoms with Crippen LogP contribution in [0.4, 0.5) is 5.69 Å². The van der Waals surface area contributed by atoms with Gasteiger partial charge in [0, 0.05) is 17.8 Å². The number of ether oxygens (including phenoxy) is 2. The molecule has 9 heteroatoms. The molecule has 4 rings (SSSR count). The van der Waals surface area contributed by atoms with E-state index in [0.717, 1.165) is 6.42 Å². The largest absolute Gasteiger partial charge is 0.494 e. The van der Waals surface area contributed by atoms with Gasteiger partial charge in [-0.15, -0.1) is 0 Å². The standard InChI is InChI=1S/C29H43N3O6/c1-8-37-19-11-9-18(10-12-19)30-23(34)20-21-25(36)32(15-16-33)22(29(21)14-13-28(20,7)38-29)24(35)31-27(5,6)17-26(2,3)4/h9-12,20-22,33H,8,13-17H2,1-7H3,(H,30,34)(H,31,35)/t20-,21-,22?,28+,29?/m0/s1. The fourth-order valence-corrected chi connectivity index (χ4v) is 7.27. The molecule has 3 aliphatic heterocycles. The first kappa shape index (κ1) is 28.4. The van der Waals surface area contributed by atoms with Gasteiger partial charge in [0.25, 0.3) is 0 Å². The molecule has 9 nitrogen and oxygen atoms in total. The van der Waals surface area contributed by atoms with Crippen molar-refractivity contribution in [1.82, 2.24) is 10.2 Å². The molecule has 2 unspecified atom stereocenters. The van der Waals surface area contributed by atoms with Crippen LogP contribution in [-0.4, -0.2) is 70.3 Å². The van der Waals surface area contributed by atoms with Gasteiger partial charge in [0.05, 0.1) is 30.7 Å². The van der Waals surface area contributed by atoms with Crippen molar-refractivity contribution in [3.63, 3.8) is 0 Å². The Morgan fingerprint density at radius 3 is 2.37 bits per heavy atom. The summed E-state index contributed by atoms with van der Waals surface area (Å²) < 4.78 is 12.1. The molecule has 0 aliphatic carbocycles. The number of aliphatic hydroxyl groups is 1. The van der Waals surface area contributed by atoms with Gasteiger partial charge in [-0.1, -0.05) is 20.8 Å². The van der Waals surface area contributed by atoms with Gasteiger partial charge in [-0.25, -0.2) is 0 Å². The lowest BCUT2D eigenvalue weighted by atomic mass is 9.66. The lowest BCUT2D eigenvalue weighted by Gasteiger charge is -2.38. The van der Waals surface area contributed by atoms with E-state index in [1.54, 1.807) is 24.3 Å². The van der Waals surface area contributed by atoms with E-state index in [9.17, 15) is 19.5 Å². The number of amides is 3. The van der Waals surface area contributed by atoms with Crippen LogP contribution in [-0.2, 0) is 19.1 Å². The van der Waals surface area contributed by atoms with E-state index in [4.69, 9.17) is 9.47 Å². The maximum Gasteiger partial charge on any atom is 0.246 e. The van der Waals surface area contributed by atoms with Gasteiger partial charge in [0.15, 0.2) is 0 Å². The molecule has 3 N–H and O–H groups in total. The van der Waals surface area contributed by atoms with E-state index in [1.165, 1.54) is 4.90 Å². The van der Waals surface area contributed by atoms with Gasteiger partial charge in [0.1, 0.15) is 17.4 Å². The number of hydrogen-bond acceptors (Lipinski definition) is 6. The molecule has 38 heavy (non-hydrogen) atoms. The zero-order valence-electron chi connectivity index (χ0n) is 23.7. The molecule has 3 heterocycles. The number of benzene rings is 1. The lowest BCUT2D eigenvalue weighted by molar-refractivity contribution is -0.146. The normalized spacial score (nSPS) is 30.4. The molecular weight excluding hydrogens is 486 g/mol. The second kappa shape index (κ2) is 9.83. The molecule has 3 saturated heterocycles. The Bertz CT molecular complexity index is 1080. The predicted molar refractivity (Wildman–Crippen MR) is 144 cm³/mol. The highest BCUT2D eigenvalue weighted by atomic mass is 16.5. The third kappa shape index (κ3) is 5.02. The first-order chi connectivity index (χ1) is 17.7. The number of rotatable bonds is 9. The van der Waals surface area contributed by atoms with Gasteiger partial charge in [-0.3, -0.25) is 14.4 Å². The van der Waals surface area contributed by atoms with E-state index in [0.29, 0.717) is 30.9 Å². The molecule has 3 amide bonds. The van der Waals surface area contributed by atoms with Crippen molar-refractivity contribution in [3.8, 4) is 5.75 Å². The molecule has 3 fully saturated rings. The zero-order valence-corrected chi connectivity index (χ0v) is 23.7. The van der Waals surface area contributed by atoms with Crippen molar-refractivity contribution in [2.45, 2.75) is 90.5 Å². The SMILES string of the molecule is CCOc1ccc(NC(=O)[C@@H]2[C@H]3C(=O)N(CCO)C(C(=O)NC(C)(C)CC(C)(C)C)C34CC[C@@]2(C)O4)cc1. The van der Waals surface area contributed by atoms with Crippen LogP contribution in [0.1, 0.15) is 67.7 Å². The number of carbonyl (C=O) groups is 3. The number of nitrogens with one attached hydrogen (secondary N) is 2. The zero-order chi connectivity index (χ0) is 28.1. The van der Waals surface area contributed by atoms with Crippen molar-refractivity contribution in [1.29, 1.82) is 0 Å². The number of hydrogen-bond donors (Lipinski definition) is 3. The average Bonchev–Trinajstić information content (AvgIpc) is 3.34. The van der Waals surface area contributed by atoms with Crippen LogP contribution in [0.3, 0.4) is 0 Å². The Morgan fingerprint density at radius 1 is 1.13 bits per heavy atom. The van der Waals surface area contributed by atoms with Gasteiger partial charge >= 0.3 is 0 Å². The number of nitrogens with zero attached hydrogens (tertiary/aromatic N) is 1. The number of carbonyl (C=O) groups excluding carboxylic acids is 3. The summed E-state index contributed by atoms with van der Waals surface area (Å²) in [6.45, 7) is 14.3. The number of aliphatic hydroxyl groups excluding tert-OH is 1. The third-order valence-corrected chi connectivity index (χ3v) is 8.02. The number of β-amino-alcohol motifs (C(OH)–C–C–N with tert-alkyl or cyclic N) is 1. The maximum atomic E-state index is 13.9. The van der Waals surface area contributed by atoms with Crippen molar-refractivity contribution in [3.05, 3.63) is 24.3 Å². The van der Waals surface area contributed by atoms with Crippen molar-refractivity contribution in [2.75, 3.05) is 25.1 Å². The van der Waals surface area contributed by atoms with Crippen LogP contribution in [0, 0.1) is 17.3 Å². The second-order valence-corrected chi connectivity index (χ2v) is 13.0. The van der Waals surface area contributed by atoms with E-state index in [-0.39, 0.29) is 36.3 Å². The van der Waals surface area contributed by atoms with E-state index < -0.39 is 34.6 Å². The highest BCUT2D eigenvalue weighted by molar-refractivity contribution is 6.02. The number of likely N-dealkylation sites (tertiary alicyclic amines) is 1. The number of anilines is 1. The van der Waals surface area contributed by atoms with Crippen molar-refractivity contribution >= 4 is 23.4 Å². The Kier molecular flexibility index (Phi) is 7.33. The lowest BCUT2D eigenvalue weighted by Crippen LogP contribution is -2.59. The number of fused-ring (bicyclic) bond motifs is 1. The highest BCUT2D eigenvalue weighted by Gasteiger charge is 2.78. The van der Waals surface area contributed by atoms with Gasteiger partial charge < -0.3 is 30.1 Å². The molecule has 0 radical (unpaired) electrons. The summed E-state index contributed by atoms with van der Waals surface area (Å²) in [6, 6.07) is 6.16. The van der Waals surface area contributed by atoms with Crippen LogP contribution in [0.25, 0.3) is 0 Å². The molecule has 1 spiro atoms. The summed E-state index contributed by atoms with van der Waals surface area (Å²) in [5.41, 5.74) is -1.95. The quantitative estimate of drug-likeness (QED) is 0.453. The van der Waals surface area contributed by atoms with E-state index >= 15 is 0 Å². The van der Waals surface area contributed by atoms with Crippen molar-refractivity contribution < 1.29 is 29.0 Å². The van der Waals surface area contributed by atoms with Gasteiger partial charge in [0.2, 0.25) is 17.7 Å². The summed E-state index contributed by atoms with van der Waals surface area (Å²) in [7, 11) is 0. The van der Waals surface area contributed by atoms with E-state index in [1.807, 2.05) is 27.7 Å². The third-order valence-electron chi connectivity index (χ3n) is 8.02. The smallest absolute Gasteiger partial charge is 0.246 e. The maximum absolute atomic E-state index is 13.9. The van der Waals surface area contributed by atoms with Crippen LogP contribution in [0.5, 0.6) is 5.75 Å². The van der Waals surface area contributed by atoms with Crippen LogP contribution < -0.4 is 15.4 Å². The molecule has 5 atom stereocenters. The van der Waals surface area contributed by atoms with Gasteiger partial charge in [-0.2, -0.15) is 0 Å². The summed E-state index contributed by atoms with van der Waals surface area (Å²) in [5, 5.41) is 15.9. The minimum atomic E-state index is -1.12. The van der Waals surface area contributed by atoms with Crippen LogP contribution in [0.15, 0.2) is 24.3 Å². The fourth-order valence-electron chi connectivity index (χ4n) is 7.27. The summed E-state index contributed by atoms with van der Waals surface area (Å²) in [5.74, 6) is -1.81. The molecule has 1 aromatic carbocycles. The topological polar surface area (TPSA) is 117 Å². The Morgan fingerprint density at radius 2 is 1.79 bits per heavy atom. The summed E-state index contributed by atoms with van der Waals surface area (Å²) in [4.78, 5) is 42.9. The Balaban J connectivity index is 1.63. The Hall–Kier alpha value is -2.65. The average molecular weight is 530 g/mol. The van der Waals surface area contributed by atoms with E-state index in [2.05, 4.69) is 31.4 Å². The molecule has 0 saturated carbocycles. The first-order valence-electron chi connectivity index (χ1n) is 13.6. The van der Waals surface area contributed by atoms with Gasteiger partial charge in [-0.05, 0) is 76.6 Å². The molecule has 1 aromatic rings. The molecule has 0 aromatic heterocycles. The molecular formula is C29H43N3O6. The van der Waals surface area contributed by atoms with Crippen molar-refractivity contribution in [2.24, 2.45) is 17.3 Å². The first-order valence-corrected chi connectivity index (χ1v) is 13.6.